The van der Waals surface area contributed by atoms with Gasteiger partial charge in [-0.1, -0.05) is 6.07 Å². The first-order valence-electron chi connectivity index (χ1n) is 4.44. The number of hydrogen-bond acceptors (Lipinski definition) is 3. The molecule has 70 valence electrons. The minimum atomic E-state index is 0.196. The summed E-state index contributed by atoms with van der Waals surface area (Å²) in [6.07, 6.45) is 1.16. The van der Waals surface area contributed by atoms with Crippen LogP contribution >= 0.6 is 0 Å². The van der Waals surface area contributed by atoms with E-state index in [1.54, 1.807) is 0 Å². The number of anilines is 1. The fourth-order valence-electron chi connectivity index (χ4n) is 1.39. The van der Waals surface area contributed by atoms with Crippen LogP contribution in [0, 0.1) is 0 Å². The monoisotopic (exact) mass is 179 g/mol. The van der Waals surface area contributed by atoms with Crippen molar-refractivity contribution in [1.82, 2.24) is 0 Å². The molecule has 1 aromatic rings. The second-order valence-corrected chi connectivity index (χ2v) is 3.18. The molecular formula is C10H13NO2. The van der Waals surface area contributed by atoms with Gasteiger partial charge in [0, 0.05) is 18.2 Å². The normalized spacial score (nSPS) is 21.7. The lowest BCUT2D eigenvalue weighted by atomic mass is 10.3. The van der Waals surface area contributed by atoms with Crippen LogP contribution in [-0.4, -0.2) is 19.3 Å². The van der Waals surface area contributed by atoms with E-state index in [9.17, 15) is 0 Å². The van der Waals surface area contributed by atoms with Crippen LogP contribution in [-0.2, 0) is 4.74 Å². The van der Waals surface area contributed by atoms with Crippen molar-refractivity contribution < 1.29 is 9.47 Å². The van der Waals surface area contributed by atoms with Crippen LogP contribution in [0.1, 0.15) is 6.42 Å². The van der Waals surface area contributed by atoms with Gasteiger partial charge in [-0.25, -0.2) is 0 Å². The van der Waals surface area contributed by atoms with Crippen molar-refractivity contribution in [2.45, 2.75) is 12.5 Å². The minimum Gasteiger partial charge on any atom is -0.488 e. The molecule has 0 bridgehead atoms. The van der Waals surface area contributed by atoms with Gasteiger partial charge >= 0.3 is 0 Å². The Balaban J connectivity index is 2.00. The second-order valence-electron chi connectivity index (χ2n) is 3.18. The van der Waals surface area contributed by atoms with Crippen molar-refractivity contribution in [3.8, 4) is 5.75 Å². The third kappa shape index (κ3) is 2.12. The van der Waals surface area contributed by atoms with Crippen LogP contribution in [0.3, 0.4) is 0 Å². The fourth-order valence-corrected chi connectivity index (χ4v) is 1.39. The molecule has 0 amide bonds. The van der Waals surface area contributed by atoms with Gasteiger partial charge in [-0.05, 0) is 12.1 Å². The first-order valence-corrected chi connectivity index (χ1v) is 4.44. The topological polar surface area (TPSA) is 44.5 Å². The van der Waals surface area contributed by atoms with Crippen molar-refractivity contribution in [3.63, 3.8) is 0 Å². The highest BCUT2D eigenvalue weighted by molar-refractivity contribution is 5.43. The van der Waals surface area contributed by atoms with Crippen molar-refractivity contribution in [2.24, 2.45) is 0 Å². The van der Waals surface area contributed by atoms with Crippen LogP contribution in [0.25, 0.3) is 0 Å². The number of hydrogen-bond donors (Lipinski definition) is 1. The second kappa shape index (κ2) is 3.66. The number of nitrogens with two attached hydrogens (primary N) is 1. The Bertz CT molecular complexity index is 282. The molecule has 3 nitrogen and oxygen atoms in total. The Morgan fingerprint density at radius 3 is 3.08 bits per heavy atom. The molecule has 1 fully saturated rings. The summed E-state index contributed by atoms with van der Waals surface area (Å²) >= 11 is 0. The quantitative estimate of drug-likeness (QED) is 0.698. The van der Waals surface area contributed by atoms with Crippen LogP contribution in [0.15, 0.2) is 24.3 Å². The molecule has 0 unspecified atom stereocenters. The molecular weight excluding hydrogens is 166 g/mol. The van der Waals surface area contributed by atoms with E-state index in [4.69, 9.17) is 15.2 Å². The van der Waals surface area contributed by atoms with Crippen LogP contribution in [0.4, 0.5) is 5.69 Å². The summed E-state index contributed by atoms with van der Waals surface area (Å²) in [6.45, 7) is 1.49. The average Bonchev–Trinajstić information content (AvgIpc) is 2.57. The highest BCUT2D eigenvalue weighted by Crippen LogP contribution is 2.18. The molecule has 1 aliphatic rings. The summed E-state index contributed by atoms with van der Waals surface area (Å²) in [6, 6.07) is 7.48. The Labute approximate surface area is 77.5 Å². The zero-order chi connectivity index (χ0) is 9.10. The Morgan fingerprint density at radius 2 is 2.38 bits per heavy atom. The molecule has 1 heterocycles. The zero-order valence-electron chi connectivity index (χ0n) is 7.40. The lowest BCUT2D eigenvalue weighted by molar-refractivity contribution is 0.141. The number of rotatable bonds is 2. The Hall–Kier alpha value is -1.22. The first-order chi connectivity index (χ1) is 6.34. The van der Waals surface area contributed by atoms with E-state index in [2.05, 4.69) is 0 Å². The molecule has 3 heteroatoms. The maximum Gasteiger partial charge on any atom is 0.124 e. The maximum absolute atomic E-state index is 5.65. The summed E-state index contributed by atoms with van der Waals surface area (Å²) in [5.41, 5.74) is 6.35. The van der Waals surface area contributed by atoms with E-state index in [1.807, 2.05) is 24.3 Å². The van der Waals surface area contributed by atoms with Gasteiger partial charge in [-0.15, -0.1) is 0 Å². The summed E-state index contributed by atoms with van der Waals surface area (Å²) in [5, 5.41) is 0. The molecule has 2 N–H and O–H groups in total. The molecule has 2 rings (SSSR count). The van der Waals surface area contributed by atoms with E-state index in [-0.39, 0.29) is 6.10 Å². The van der Waals surface area contributed by atoms with Gasteiger partial charge in [0.1, 0.15) is 11.9 Å². The summed E-state index contributed by atoms with van der Waals surface area (Å²) in [4.78, 5) is 0. The molecule has 0 aromatic heterocycles. The third-order valence-electron chi connectivity index (χ3n) is 2.05. The maximum atomic E-state index is 5.65. The average molecular weight is 179 g/mol. The predicted octanol–water partition coefficient (Wildman–Crippen LogP) is 1.44. The lowest BCUT2D eigenvalue weighted by Gasteiger charge is -2.11. The summed E-state index contributed by atoms with van der Waals surface area (Å²) < 4.78 is 10.9. The predicted molar refractivity (Wildman–Crippen MR) is 50.7 cm³/mol. The minimum absolute atomic E-state index is 0.196. The lowest BCUT2D eigenvalue weighted by Crippen LogP contribution is -2.15. The van der Waals surface area contributed by atoms with E-state index in [0.717, 1.165) is 24.5 Å². The molecule has 0 saturated carbocycles. The van der Waals surface area contributed by atoms with Gasteiger partial charge < -0.3 is 15.2 Å². The first kappa shape index (κ1) is 8.38. The SMILES string of the molecule is Nc1cccc(O[C@H]2CCOC2)c1. The van der Waals surface area contributed by atoms with Crippen LogP contribution < -0.4 is 10.5 Å². The van der Waals surface area contributed by atoms with Crippen molar-refractivity contribution in [3.05, 3.63) is 24.3 Å². The highest BCUT2D eigenvalue weighted by atomic mass is 16.5. The number of nitrogen functional groups attached to an aromatic ring is 1. The molecule has 1 atom stereocenters. The van der Waals surface area contributed by atoms with E-state index in [0.29, 0.717) is 6.61 Å². The van der Waals surface area contributed by atoms with E-state index < -0.39 is 0 Å². The smallest absolute Gasteiger partial charge is 0.124 e. The van der Waals surface area contributed by atoms with Gasteiger partial charge in [0.05, 0.1) is 13.2 Å². The van der Waals surface area contributed by atoms with Gasteiger partial charge in [0.25, 0.3) is 0 Å². The molecule has 13 heavy (non-hydrogen) atoms. The standard InChI is InChI=1S/C10H13NO2/c11-8-2-1-3-9(6-8)13-10-4-5-12-7-10/h1-3,6,10H,4-5,7,11H2/t10-/m0/s1. The third-order valence-corrected chi connectivity index (χ3v) is 2.05. The van der Waals surface area contributed by atoms with Crippen molar-refractivity contribution in [1.29, 1.82) is 0 Å². The van der Waals surface area contributed by atoms with Gasteiger partial charge in [0.2, 0.25) is 0 Å². The fraction of sp³-hybridized carbons (Fsp3) is 0.400. The van der Waals surface area contributed by atoms with Crippen LogP contribution in [0.2, 0.25) is 0 Å². The molecule has 0 radical (unpaired) electrons. The molecule has 1 aromatic carbocycles. The largest absolute Gasteiger partial charge is 0.488 e. The van der Waals surface area contributed by atoms with Crippen molar-refractivity contribution in [2.75, 3.05) is 18.9 Å². The number of benzene rings is 1. The van der Waals surface area contributed by atoms with Gasteiger partial charge in [-0.2, -0.15) is 0 Å². The zero-order valence-corrected chi connectivity index (χ0v) is 7.40. The van der Waals surface area contributed by atoms with E-state index in [1.165, 1.54) is 0 Å². The summed E-state index contributed by atoms with van der Waals surface area (Å²) in [7, 11) is 0. The van der Waals surface area contributed by atoms with Gasteiger partial charge in [0.15, 0.2) is 0 Å². The van der Waals surface area contributed by atoms with Crippen molar-refractivity contribution >= 4 is 5.69 Å². The molecule has 0 aliphatic carbocycles. The Morgan fingerprint density at radius 1 is 1.46 bits per heavy atom. The molecule has 1 aliphatic heterocycles. The molecule has 1 saturated heterocycles. The molecule has 0 spiro atoms. The summed E-state index contributed by atoms with van der Waals surface area (Å²) in [5.74, 6) is 0.829. The Kier molecular flexibility index (Phi) is 2.36. The van der Waals surface area contributed by atoms with Gasteiger partial charge in [-0.3, -0.25) is 0 Å². The highest BCUT2D eigenvalue weighted by Gasteiger charge is 2.16. The number of ether oxygens (including phenoxy) is 2. The van der Waals surface area contributed by atoms with E-state index >= 15 is 0 Å². The van der Waals surface area contributed by atoms with Crippen LogP contribution in [0.5, 0.6) is 5.75 Å².